The van der Waals surface area contributed by atoms with Gasteiger partial charge in [-0.3, -0.25) is 5.41 Å². The van der Waals surface area contributed by atoms with Crippen LogP contribution in [0.5, 0.6) is 0 Å². The Morgan fingerprint density at radius 3 is 1.25 bits per heavy atom. The largest absolute Gasteiger partial charge is 0.462 e. The van der Waals surface area contributed by atoms with E-state index in [4.69, 9.17) is 19.6 Å². The first-order valence-electron chi connectivity index (χ1n) is 22.7. The Morgan fingerprint density at radius 2 is 0.868 bits per heavy atom. The number of carbonyl (C=O) groups is 2. The lowest BCUT2D eigenvalue weighted by Gasteiger charge is -2.19. The van der Waals surface area contributed by atoms with Crippen LogP contribution in [0.4, 0.5) is 0 Å². The van der Waals surface area contributed by atoms with E-state index in [2.05, 4.69) is 43.1 Å². The number of ether oxygens (including phenoxy) is 3. The monoisotopic (exact) mass is 745 g/mol. The topological polar surface area (TPSA) is 88.9 Å². The molecule has 0 aromatic rings. The molecular formula is C46H84N2O5. The van der Waals surface area contributed by atoms with E-state index in [0.29, 0.717) is 13.0 Å². The van der Waals surface area contributed by atoms with Gasteiger partial charge in [-0.2, -0.15) is 0 Å². The molecule has 0 aromatic heterocycles. The van der Waals surface area contributed by atoms with Crippen LogP contribution in [-0.4, -0.2) is 61.7 Å². The molecule has 0 spiro atoms. The summed E-state index contributed by atoms with van der Waals surface area (Å²) in [4.78, 5) is 28.2. The first-order valence-corrected chi connectivity index (χ1v) is 22.7. The third-order valence-electron chi connectivity index (χ3n) is 10.3. The van der Waals surface area contributed by atoms with Gasteiger partial charge in [0.2, 0.25) is 0 Å². The number of esters is 2. The average Bonchev–Trinajstić information content (AvgIpc) is 3.69. The Kier molecular flexibility index (Phi) is 35.2. The molecular weight excluding hydrogens is 661 g/mol. The molecule has 1 N–H and O–H groups in total. The second-order valence-corrected chi connectivity index (χ2v) is 15.4. The molecule has 0 atom stereocenters. The molecule has 0 aliphatic carbocycles. The van der Waals surface area contributed by atoms with E-state index in [1.165, 1.54) is 141 Å². The van der Waals surface area contributed by atoms with Gasteiger partial charge in [0.05, 0.1) is 13.2 Å². The highest BCUT2D eigenvalue weighted by molar-refractivity contribution is 6.00. The standard InChI is InChI=1S/C46H84N2O5/c1-3-5-7-9-11-13-15-17-19-21-23-25-27-29-31-35-41-51-45(49)44(53-43(47)37-40-48-38-33-34-39-48)46(50)52-42-36-32-30-28-26-24-22-20-18-16-14-12-10-8-6-4-2/h17-20,44,47H,3-16,21-42H2,1-2H3/b19-17-,20-18-,47-43?. The Balaban J connectivity index is 2.20. The molecule has 7 nitrogen and oxygen atoms in total. The van der Waals surface area contributed by atoms with Crippen LogP contribution in [0.3, 0.4) is 0 Å². The molecule has 1 rings (SSSR count). The molecule has 0 radical (unpaired) electrons. The van der Waals surface area contributed by atoms with Gasteiger partial charge in [0.25, 0.3) is 6.10 Å². The third-order valence-corrected chi connectivity index (χ3v) is 10.3. The second-order valence-electron chi connectivity index (χ2n) is 15.4. The van der Waals surface area contributed by atoms with Gasteiger partial charge in [0, 0.05) is 13.0 Å². The first-order chi connectivity index (χ1) is 26.1. The molecule has 0 bridgehead atoms. The fourth-order valence-electron chi connectivity index (χ4n) is 6.86. The van der Waals surface area contributed by atoms with Gasteiger partial charge < -0.3 is 19.1 Å². The molecule has 0 amide bonds. The number of likely N-dealkylation sites (tertiary alicyclic amines) is 1. The van der Waals surface area contributed by atoms with Gasteiger partial charge in [0.15, 0.2) is 5.90 Å². The SMILES string of the molecule is CCCCCCCC/C=C\CCCCCCCCOC(=O)C(OC(=N)CCN1CCCC1)C(=O)OCCCCCCCC/C=C\CCCCCCCC. The van der Waals surface area contributed by atoms with Crippen molar-refractivity contribution in [2.45, 2.75) is 219 Å². The summed E-state index contributed by atoms with van der Waals surface area (Å²) in [7, 11) is 0. The van der Waals surface area contributed by atoms with Gasteiger partial charge in [-0.1, -0.05) is 154 Å². The number of allylic oxidation sites excluding steroid dienone is 4. The average molecular weight is 745 g/mol. The number of carbonyl (C=O) groups excluding carboxylic acids is 2. The van der Waals surface area contributed by atoms with Crippen LogP contribution in [0.1, 0.15) is 213 Å². The molecule has 0 unspecified atom stereocenters. The molecule has 7 heteroatoms. The molecule has 1 heterocycles. The maximum Gasteiger partial charge on any atom is 0.359 e. The molecule has 1 aliphatic rings. The summed E-state index contributed by atoms with van der Waals surface area (Å²) in [6, 6.07) is 0. The maximum absolute atomic E-state index is 13.0. The van der Waals surface area contributed by atoms with E-state index >= 15 is 0 Å². The number of hydrogen-bond acceptors (Lipinski definition) is 7. The zero-order valence-corrected chi connectivity index (χ0v) is 34.8. The zero-order chi connectivity index (χ0) is 38.3. The van der Waals surface area contributed by atoms with E-state index < -0.39 is 18.0 Å². The summed E-state index contributed by atoms with van der Waals surface area (Å²) in [5, 5.41) is 8.31. The lowest BCUT2D eigenvalue weighted by atomic mass is 10.1. The molecule has 1 saturated heterocycles. The number of rotatable bonds is 38. The third kappa shape index (κ3) is 31.9. The lowest BCUT2D eigenvalue weighted by molar-refractivity contribution is -0.168. The van der Waals surface area contributed by atoms with Crippen LogP contribution in [0.25, 0.3) is 0 Å². The number of nitrogens with zero attached hydrogens (tertiary/aromatic N) is 1. The highest BCUT2D eigenvalue weighted by atomic mass is 16.6. The summed E-state index contributed by atoms with van der Waals surface area (Å²) < 4.78 is 16.5. The van der Waals surface area contributed by atoms with Crippen LogP contribution >= 0.6 is 0 Å². The van der Waals surface area contributed by atoms with E-state index in [1.54, 1.807) is 0 Å². The van der Waals surface area contributed by atoms with Crippen molar-refractivity contribution in [1.82, 2.24) is 4.90 Å². The summed E-state index contributed by atoms with van der Waals surface area (Å²) in [5.74, 6) is -1.55. The Labute approximate surface area is 327 Å². The Hall–Kier alpha value is -2.15. The molecule has 0 aromatic carbocycles. The molecule has 0 saturated carbocycles. The summed E-state index contributed by atoms with van der Waals surface area (Å²) in [5.41, 5.74) is 0. The van der Waals surface area contributed by atoms with Crippen molar-refractivity contribution in [3.05, 3.63) is 24.3 Å². The quantitative estimate of drug-likeness (QED) is 0.0169. The Morgan fingerprint density at radius 1 is 0.528 bits per heavy atom. The van der Waals surface area contributed by atoms with E-state index in [-0.39, 0.29) is 19.1 Å². The summed E-state index contributed by atoms with van der Waals surface area (Å²) >= 11 is 0. The highest BCUT2D eigenvalue weighted by Crippen LogP contribution is 2.14. The predicted molar refractivity (Wildman–Crippen MR) is 224 cm³/mol. The van der Waals surface area contributed by atoms with Crippen LogP contribution in [0, 0.1) is 5.41 Å². The van der Waals surface area contributed by atoms with Gasteiger partial charge >= 0.3 is 11.9 Å². The van der Waals surface area contributed by atoms with Gasteiger partial charge in [0.1, 0.15) is 0 Å². The van der Waals surface area contributed by atoms with Crippen molar-refractivity contribution in [2.24, 2.45) is 0 Å². The van der Waals surface area contributed by atoms with Gasteiger partial charge in [-0.15, -0.1) is 0 Å². The fourth-order valence-corrected chi connectivity index (χ4v) is 6.86. The van der Waals surface area contributed by atoms with Gasteiger partial charge in [-0.05, 0) is 90.1 Å². The molecule has 53 heavy (non-hydrogen) atoms. The minimum Gasteiger partial charge on any atom is -0.462 e. The second kappa shape index (κ2) is 38.1. The van der Waals surface area contributed by atoms with E-state index in [1.807, 2.05) is 0 Å². The van der Waals surface area contributed by atoms with Crippen molar-refractivity contribution in [2.75, 3.05) is 32.8 Å². The van der Waals surface area contributed by atoms with Crippen LogP contribution in [0.15, 0.2) is 24.3 Å². The van der Waals surface area contributed by atoms with Crippen molar-refractivity contribution in [3.8, 4) is 0 Å². The van der Waals surface area contributed by atoms with Crippen LogP contribution in [0.2, 0.25) is 0 Å². The van der Waals surface area contributed by atoms with E-state index in [0.717, 1.165) is 64.5 Å². The Bertz CT molecular complexity index is 858. The molecule has 1 fully saturated rings. The minimum absolute atomic E-state index is 0.0645. The highest BCUT2D eigenvalue weighted by Gasteiger charge is 2.33. The lowest BCUT2D eigenvalue weighted by Crippen LogP contribution is -2.38. The van der Waals surface area contributed by atoms with Crippen molar-refractivity contribution < 1.29 is 23.8 Å². The van der Waals surface area contributed by atoms with Gasteiger partial charge in [-0.25, -0.2) is 9.59 Å². The van der Waals surface area contributed by atoms with Crippen LogP contribution in [-0.2, 0) is 23.8 Å². The summed E-state index contributed by atoms with van der Waals surface area (Å²) in [6.07, 6.45) is 44.6. The first kappa shape index (κ1) is 48.9. The number of hydrogen-bond donors (Lipinski definition) is 1. The van der Waals surface area contributed by atoms with E-state index in [9.17, 15) is 9.59 Å². The van der Waals surface area contributed by atoms with Crippen molar-refractivity contribution >= 4 is 17.8 Å². The van der Waals surface area contributed by atoms with Crippen molar-refractivity contribution in [1.29, 1.82) is 5.41 Å². The summed E-state index contributed by atoms with van der Waals surface area (Å²) in [6.45, 7) is 7.77. The smallest absolute Gasteiger partial charge is 0.359 e. The fraction of sp³-hybridized carbons (Fsp3) is 0.848. The van der Waals surface area contributed by atoms with Crippen molar-refractivity contribution in [3.63, 3.8) is 0 Å². The molecule has 1 aliphatic heterocycles. The minimum atomic E-state index is -1.52. The maximum atomic E-state index is 13.0. The number of nitrogens with one attached hydrogen (secondary N) is 1. The normalized spacial score (nSPS) is 13.5. The zero-order valence-electron chi connectivity index (χ0n) is 34.8. The molecule has 308 valence electrons. The van der Waals surface area contributed by atoms with Crippen LogP contribution < -0.4 is 0 Å². The predicted octanol–water partition coefficient (Wildman–Crippen LogP) is 13.0. The number of unbranched alkanes of at least 4 members (excludes halogenated alkanes) is 24.